The largest absolute Gasteiger partial charge is 0.484 e. The Kier molecular flexibility index (Phi) is 11.6. The number of hydrogen-bond donors (Lipinski definition) is 4. The number of rotatable bonds is 14. The number of anilines is 1. The number of hydrogen-bond acceptors (Lipinski definition) is 7. The van der Waals surface area contributed by atoms with E-state index in [2.05, 4.69) is 10.6 Å². The molecule has 10 nitrogen and oxygen atoms in total. The van der Waals surface area contributed by atoms with Crippen molar-refractivity contribution in [3.8, 4) is 5.75 Å². The Hall–Kier alpha value is -4.49. The number of nitrogens with zero attached hydrogens (tertiary/aromatic N) is 1. The molecule has 3 amide bonds. The summed E-state index contributed by atoms with van der Waals surface area (Å²) in [7, 11) is 0. The predicted molar refractivity (Wildman–Crippen MR) is 173 cm³/mol. The lowest BCUT2D eigenvalue weighted by Crippen LogP contribution is -2.57. The van der Waals surface area contributed by atoms with E-state index in [1.54, 1.807) is 49.9 Å². The Bertz CT molecular complexity index is 1560. The molecular formula is C34H37F2N3O7S. The number of β-lactam (4-membered cyclic amide) rings is 1. The van der Waals surface area contributed by atoms with Gasteiger partial charge < -0.3 is 30.5 Å². The average molecular weight is 670 g/mol. The van der Waals surface area contributed by atoms with Gasteiger partial charge in [0.2, 0.25) is 11.8 Å². The number of nitrogens with one attached hydrogen (secondary N) is 2. The Labute approximate surface area is 275 Å². The molecule has 0 spiro atoms. The third kappa shape index (κ3) is 9.52. The number of carboxylic acids is 1. The van der Waals surface area contributed by atoms with Crippen LogP contribution in [0.15, 0.2) is 72.8 Å². The number of aliphatic hydroxyl groups is 1. The number of thioether (sulfide) groups is 1. The molecule has 250 valence electrons. The topological polar surface area (TPSA) is 145 Å². The van der Waals surface area contributed by atoms with E-state index in [9.17, 15) is 33.1 Å². The van der Waals surface area contributed by atoms with E-state index in [0.29, 0.717) is 17.0 Å². The van der Waals surface area contributed by atoms with Crippen LogP contribution in [0.2, 0.25) is 0 Å². The van der Waals surface area contributed by atoms with Crippen molar-refractivity contribution in [1.82, 2.24) is 10.6 Å². The number of halogens is 2. The number of amides is 3. The number of carboxylic acid groups (broad SMARTS) is 1. The summed E-state index contributed by atoms with van der Waals surface area (Å²) >= 11 is 1.26. The summed E-state index contributed by atoms with van der Waals surface area (Å²) < 4.78 is 32.5. The van der Waals surface area contributed by atoms with Crippen molar-refractivity contribution >= 4 is 41.1 Å². The predicted octanol–water partition coefficient (Wildman–Crippen LogP) is 4.39. The van der Waals surface area contributed by atoms with Gasteiger partial charge in [0.25, 0.3) is 5.91 Å². The molecule has 1 saturated heterocycles. The molecular weight excluding hydrogens is 632 g/mol. The Balaban J connectivity index is 1.36. The second-order valence-electron chi connectivity index (χ2n) is 12.2. The summed E-state index contributed by atoms with van der Waals surface area (Å²) in [6.07, 6.45) is -1.18. The van der Waals surface area contributed by atoms with Gasteiger partial charge in [0.1, 0.15) is 22.6 Å². The molecule has 0 saturated carbocycles. The number of aliphatic hydroxyl groups excluding tert-OH is 1. The van der Waals surface area contributed by atoms with Gasteiger partial charge in [-0.1, -0.05) is 45.0 Å². The first-order chi connectivity index (χ1) is 22.2. The van der Waals surface area contributed by atoms with Crippen LogP contribution < -0.4 is 20.3 Å². The van der Waals surface area contributed by atoms with Gasteiger partial charge in [-0.05, 0) is 65.1 Å². The highest BCUT2D eigenvalue weighted by Gasteiger charge is 2.49. The average Bonchev–Trinajstić information content (AvgIpc) is 3.02. The lowest BCUT2D eigenvalue weighted by molar-refractivity contribution is -0.138. The summed E-state index contributed by atoms with van der Waals surface area (Å²) in [6, 6.07) is 16.7. The summed E-state index contributed by atoms with van der Waals surface area (Å²) in [5.74, 6) is -2.66. The second-order valence-corrected chi connectivity index (χ2v) is 13.3. The summed E-state index contributed by atoms with van der Waals surface area (Å²) in [5.41, 5.74) is 1.28. The van der Waals surface area contributed by atoms with Crippen LogP contribution in [0.25, 0.3) is 0 Å². The smallest absolute Gasteiger partial charge is 0.305 e. The van der Waals surface area contributed by atoms with Crippen molar-refractivity contribution in [3.05, 3.63) is 95.6 Å². The Morgan fingerprint density at radius 1 is 0.936 bits per heavy atom. The Morgan fingerprint density at radius 3 is 2.11 bits per heavy atom. The normalized spacial score (nSPS) is 17.3. The fourth-order valence-electron chi connectivity index (χ4n) is 4.95. The van der Waals surface area contributed by atoms with Crippen molar-refractivity contribution < 1.29 is 42.9 Å². The molecule has 47 heavy (non-hydrogen) atoms. The van der Waals surface area contributed by atoms with E-state index in [1.807, 2.05) is 0 Å². The fraction of sp³-hybridized carbons (Fsp3) is 0.353. The molecule has 13 heteroatoms. The first kappa shape index (κ1) is 35.4. The van der Waals surface area contributed by atoms with Crippen molar-refractivity contribution in [2.45, 2.75) is 50.6 Å². The van der Waals surface area contributed by atoms with Crippen LogP contribution in [0.1, 0.15) is 50.5 Å². The van der Waals surface area contributed by atoms with E-state index in [0.717, 1.165) is 5.56 Å². The zero-order valence-corrected chi connectivity index (χ0v) is 26.9. The van der Waals surface area contributed by atoms with E-state index < -0.39 is 58.3 Å². The highest BCUT2D eigenvalue weighted by molar-refractivity contribution is 8.00. The molecule has 4 N–H and O–H groups in total. The lowest BCUT2D eigenvalue weighted by Gasteiger charge is -2.47. The maximum atomic E-state index is 13.6. The minimum absolute atomic E-state index is 0.181. The molecule has 1 heterocycles. The third-order valence-electron chi connectivity index (χ3n) is 7.64. The van der Waals surface area contributed by atoms with Crippen molar-refractivity contribution in [2.24, 2.45) is 5.41 Å². The van der Waals surface area contributed by atoms with Crippen LogP contribution in [0.5, 0.6) is 5.75 Å². The lowest BCUT2D eigenvalue weighted by atomic mass is 9.84. The molecule has 0 aliphatic carbocycles. The van der Waals surface area contributed by atoms with Crippen LogP contribution in [-0.2, 0) is 19.2 Å². The van der Waals surface area contributed by atoms with Gasteiger partial charge in [-0.3, -0.25) is 19.2 Å². The van der Waals surface area contributed by atoms with Gasteiger partial charge >= 0.3 is 5.97 Å². The fourth-order valence-corrected chi connectivity index (χ4v) is 6.25. The number of carbonyl (C=O) groups is 4. The monoisotopic (exact) mass is 669 g/mol. The SMILES string of the molecule is CC(C)(C)C(CC(=O)O)NC(=O)CNC(=O)COc1ccc(C2C(SCC(O)c3ccc(F)cc3)C(=O)N2c2ccc(F)cc2)cc1. The molecule has 0 aromatic heterocycles. The zero-order chi connectivity index (χ0) is 34.3. The molecule has 4 unspecified atom stereocenters. The second kappa shape index (κ2) is 15.4. The maximum absolute atomic E-state index is 13.6. The Morgan fingerprint density at radius 2 is 1.53 bits per heavy atom. The molecule has 1 aliphatic rings. The van der Waals surface area contributed by atoms with E-state index in [-0.39, 0.29) is 31.2 Å². The summed E-state index contributed by atoms with van der Waals surface area (Å²) in [4.78, 5) is 50.7. The minimum atomic E-state index is -1.05. The van der Waals surface area contributed by atoms with Crippen LogP contribution in [-0.4, -0.2) is 64.1 Å². The molecule has 1 fully saturated rings. The highest BCUT2D eigenvalue weighted by Crippen LogP contribution is 2.46. The molecule has 0 bridgehead atoms. The summed E-state index contributed by atoms with van der Waals surface area (Å²) in [6.45, 7) is 4.69. The maximum Gasteiger partial charge on any atom is 0.305 e. The van der Waals surface area contributed by atoms with Crippen LogP contribution in [0, 0.1) is 17.0 Å². The molecule has 4 atom stereocenters. The molecule has 0 radical (unpaired) electrons. The first-order valence-corrected chi connectivity index (χ1v) is 15.9. The van der Waals surface area contributed by atoms with Crippen molar-refractivity contribution in [3.63, 3.8) is 0 Å². The number of benzene rings is 3. The van der Waals surface area contributed by atoms with Gasteiger partial charge in [-0.2, -0.15) is 0 Å². The van der Waals surface area contributed by atoms with Gasteiger partial charge in [0.15, 0.2) is 6.61 Å². The van der Waals surface area contributed by atoms with Gasteiger partial charge in [0, 0.05) is 17.5 Å². The third-order valence-corrected chi connectivity index (χ3v) is 8.96. The minimum Gasteiger partial charge on any atom is -0.484 e. The molecule has 3 aromatic rings. The number of aliphatic carboxylic acids is 1. The van der Waals surface area contributed by atoms with Gasteiger partial charge in [-0.15, -0.1) is 11.8 Å². The number of ether oxygens (including phenoxy) is 1. The van der Waals surface area contributed by atoms with E-state index in [1.165, 1.54) is 60.3 Å². The summed E-state index contributed by atoms with van der Waals surface area (Å²) in [5, 5.41) is 24.3. The zero-order valence-electron chi connectivity index (χ0n) is 26.1. The molecule has 3 aromatic carbocycles. The number of carbonyl (C=O) groups excluding carboxylic acids is 3. The van der Waals surface area contributed by atoms with E-state index in [4.69, 9.17) is 9.84 Å². The highest BCUT2D eigenvalue weighted by atomic mass is 32.2. The first-order valence-electron chi connectivity index (χ1n) is 14.9. The van der Waals surface area contributed by atoms with Crippen LogP contribution >= 0.6 is 11.8 Å². The van der Waals surface area contributed by atoms with Gasteiger partial charge in [0.05, 0.1) is 25.1 Å². The van der Waals surface area contributed by atoms with Gasteiger partial charge in [-0.25, -0.2) is 8.78 Å². The van der Waals surface area contributed by atoms with Crippen molar-refractivity contribution in [2.75, 3.05) is 23.8 Å². The quantitative estimate of drug-likeness (QED) is 0.185. The van der Waals surface area contributed by atoms with Crippen LogP contribution in [0.4, 0.5) is 14.5 Å². The standard InChI is InChI=1S/C34H37F2N3O7S/c1-34(2,3)27(16-30(43)44)38-28(41)17-37-29(42)18-46-25-14-6-21(7-15-25)31-32(33(45)39(31)24-12-10-23(36)11-13-24)47-19-26(40)20-4-8-22(35)9-5-20/h4-15,26-27,31-32,40H,16-19H2,1-3H3,(H,37,42)(H,38,41)(H,43,44). The molecule has 4 rings (SSSR count). The van der Waals surface area contributed by atoms with Crippen molar-refractivity contribution in [1.29, 1.82) is 0 Å². The van der Waals surface area contributed by atoms with Crippen LogP contribution in [0.3, 0.4) is 0 Å². The van der Waals surface area contributed by atoms with E-state index >= 15 is 0 Å². The molecule has 1 aliphatic heterocycles.